The molecule has 0 aliphatic rings. The van der Waals surface area contributed by atoms with Crippen LogP contribution in [0.4, 0.5) is 5.82 Å². The summed E-state index contributed by atoms with van der Waals surface area (Å²) in [6, 6.07) is 11.4. The van der Waals surface area contributed by atoms with Gasteiger partial charge in [0.25, 0.3) is 5.91 Å². The van der Waals surface area contributed by atoms with E-state index in [2.05, 4.69) is 21.6 Å². The fourth-order valence-corrected chi connectivity index (χ4v) is 2.59. The summed E-state index contributed by atoms with van der Waals surface area (Å²) < 4.78 is 3.20. The van der Waals surface area contributed by atoms with Gasteiger partial charge in [0.1, 0.15) is 11.6 Å². The summed E-state index contributed by atoms with van der Waals surface area (Å²) in [4.78, 5) is 12.7. The van der Waals surface area contributed by atoms with Crippen molar-refractivity contribution in [2.45, 2.75) is 13.8 Å². The van der Waals surface area contributed by atoms with Crippen LogP contribution < -0.4 is 5.32 Å². The van der Waals surface area contributed by atoms with Gasteiger partial charge in [0.15, 0.2) is 5.82 Å². The second kappa shape index (κ2) is 6.01. The highest BCUT2D eigenvalue weighted by Crippen LogP contribution is 2.21. The maximum absolute atomic E-state index is 12.7. The smallest absolute Gasteiger partial charge is 0.260 e. The highest BCUT2D eigenvalue weighted by atomic mass is 16.1. The summed E-state index contributed by atoms with van der Waals surface area (Å²) in [6.07, 6.45) is 1.44. The van der Waals surface area contributed by atoms with Crippen LogP contribution in [0.15, 0.2) is 36.5 Å². The minimum Gasteiger partial charge on any atom is -0.305 e. The summed E-state index contributed by atoms with van der Waals surface area (Å²) in [5, 5.41) is 20.6. The maximum Gasteiger partial charge on any atom is 0.260 e. The fourth-order valence-electron chi connectivity index (χ4n) is 2.59. The Morgan fingerprint density at radius 3 is 2.54 bits per heavy atom. The van der Waals surface area contributed by atoms with Crippen LogP contribution in [0.3, 0.4) is 0 Å². The second-order valence-corrected chi connectivity index (χ2v) is 5.39. The predicted molar refractivity (Wildman–Crippen MR) is 88.9 cm³/mol. The zero-order valence-electron chi connectivity index (χ0n) is 13.6. The first-order valence-electron chi connectivity index (χ1n) is 7.38. The van der Waals surface area contributed by atoms with Crippen molar-refractivity contribution in [3.63, 3.8) is 0 Å². The first-order chi connectivity index (χ1) is 11.5. The number of para-hydroxylation sites is 1. The van der Waals surface area contributed by atoms with E-state index in [-0.39, 0.29) is 5.91 Å². The van der Waals surface area contributed by atoms with E-state index in [1.54, 1.807) is 18.7 Å². The Balaban J connectivity index is 2.03. The number of carbonyl (C=O) groups excluding carboxylic acids is 1. The monoisotopic (exact) mass is 320 g/mol. The number of carbonyl (C=O) groups is 1. The van der Waals surface area contributed by atoms with Crippen molar-refractivity contribution in [3.8, 4) is 11.8 Å². The molecule has 7 nitrogen and oxygen atoms in total. The molecule has 0 aliphatic carbocycles. The van der Waals surface area contributed by atoms with E-state index in [1.807, 2.05) is 37.3 Å². The van der Waals surface area contributed by atoms with Crippen LogP contribution >= 0.6 is 0 Å². The van der Waals surface area contributed by atoms with Gasteiger partial charge >= 0.3 is 0 Å². The minimum atomic E-state index is -0.313. The summed E-state index contributed by atoms with van der Waals surface area (Å²) in [5.74, 6) is 0.0311. The first kappa shape index (κ1) is 15.5. The third-order valence-electron chi connectivity index (χ3n) is 3.86. The Bertz CT molecular complexity index is 946. The van der Waals surface area contributed by atoms with Crippen molar-refractivity contribution < 1.29 is 4.79 Å². The Hall–Kier alpha value is -3.40. The Kier molecular flexibility index (Phi) is 3.88. The molecular weight excluding hydrogens is 304 g/mol. The number of nitrogens with zero attached hydrogens (tertiary/aromatic N) is 5. The van der Waals surface area contributed by atoms with Gasteiger partial charge in [-0.15, -0.1) is 0 Å². The van der Waals surface area contributed by atoms with Crippen molar-refractivity contribution in [1.29, 1.82) is 5.26 Å². The normalized spacial score (nSPS) is 10.4. The van der Waals surface area contributed by atoms with Gasteiger partial charge in [-0.2, -0.15) is 15.5 Å². The maximum atomic E-state index is 12.7. The van der Waals surface area contributed by atoms with Crippen LogP contribution in [0.5, 0.6) is 0 Å². The number of amides is 1. The van der Waals surface area contributed by atoms with E-state index in [4.69, 9.17) is 0 Å². The lowest BCUT2D eigenvalue weighted by Gasteiger charge is -2.10. The van der Waals surface area contributed by atoms with E-state index < -0.39 is 0 Å². The quantitative estimate of drug-likeness (QED) is 0.802. The Morgan fingerprint density at radius 2 is 1.96 bits per heavy atom. The van der Waals surface area contributed by atoms with Gasteiger partial charge in [-0.05, 0) is 26.0 Å². The average Bonchev–Trinajstić information content (AvgIpc) is 3.08. The molecule has 2 aromatic heterocycles. The van der Waals surface area contributed by atoms with Crippen LogP contribution in [0.2, 0.25) is 0 Å². The van der Waals surface area contributed by atoms with Gasteiger partial charge in [0.05, 0.1) is 23.1 Å². The summed E-state index contributed by atoms with van der Waals surface area (Å²) in [5.41, 5.74) is 2.95. The number of nitriles is 1. The molecule has 1 N–H and O–H groups in total. The molecule has 0 unspecified atom stereocenters. The number of nitrogens with one attached hydrogen (secondary N) is 1. The van der Waals surface area contributed by atoms with Gasteiger partial charge in [0.2, 0.25) is 0 Å². The third-order valence-corrected chi connectivity index (χ3v) is 3.86. The molecule has 3 rings (SSSR count). The minimum absolute atomic E-state index is 0.298. The zero-order valence-corrected chi connectivity index (χ0v) is 13.6. The predicted octanol–water partition coefficient (Wildman–Crippen LogP) is 2.35. The van der Waals surface area contributed by atoms with Gasteiger partial charge < -0.3 is 5.32 Å². The van der Waals surface area contributed by atoms with Crippen molar-refractivity contribution in [1.82, 2.24) is 19.6 Å². The van der Waals surface area contributed by atoms with Crippen molar-refractivity contribution in [2.24, 2.45) is 7.05 Å². The lowest BCUT2D eigenvalue weighted by atomic mass is 10.2. The average molecular weight is 320 g/mol. The van der Waals surface area contributed by atoms with Crippen molar-refractivity contribution in [3.05, 3.63) is 59.0 Å². The largest absolute Gasteiger partial charge is 0.305 e. The Labute approximate surface area is 139 Å². The molecule has 120 valence electrons. The molecule has 0 radical (unpaired) electrons. The van der Waals surface area contributed by atoms with Crippen LogP contribution in [0.1, 0.15) is 27.3 Å². The molecule has 1 amide bonds. The molecule has 0 bridgehead atoms. The van der Waals surface area contributed by atoms with Gasteiger partial charge in [0, 0.05) is 12.7 Å². The number of hydrogen-bond donors (Lipinski definition) is 1. The molecule has 0 aliphatic heterocycles. The SMILES string of the molecule is Cc1nn(C)c(C)c1C(=O)Nc1c(C#N)cnn1-c1ccccc1. The van der Waals surface area contributed by atoms with E-state index >= 15 is 0 Å². The lowest BCUT2D eigenvalue weighted by molar-refractivity contribution is 0.102. The lowest BCUT2D eigenvalue weighted by Crippen LogP contribution is -2.17. The number of rotatable bonds is 3. The van der Waals surface area contributed by atoms with Crippen molar-refractivity contribution >= 4 is 11.7 Å². The van der Waals surface area contributed by atoms with Gasteiger partial charge in [-0.3, -0.25) is 9.48 Å². The number of anilines is 1. The zero-order chi connectivity index (χ0) is 17.3. The van der Waals surface area contributed by atoms with Crippen LogP contribution in [-0.4, -0.2) is 25.5 Å². The highest BCUT2D eigenvalue weighted by molar-refractivity contribution is 6.06. The molecule has 0 saturated heterocycles. The standard InChI is InChI=1S/C17H16N6O/c1-11-15(12(2)22(3)21-11)17(24)20-16-13(9-18)10-19-23(16)14-7-5-4-6-8-14/h4-8,10H,1-3H3,(H,20,24). The molecule has 0 atom stereocenters. The molecule has 3 aromatic rings. The number of aryl methyl sites for hydroxylation is 2. The van der Waals surface area contributed by atoms with E-state index in [9.17, 15) is 10.1 Å². The topological polar surface area (TPSA) is 88.5 Å². The van der Waals surface area contributed by atoms with Crippen molar-refractivity contribution in [2.75, 3.05) is 5.32 Å². The van der Waals surface area contributed by atoms with Gasteiger partial charge in [-0.25, -0.2) is 4.68 Å². The van der Waals surface area contributed by atoms with E-state index in [0.717, 1.165) is 11.4 Å². The Morgan fingerprint density at radius 1 is 1.25 bits per heavy atom. The summed E-state index contributed by atoms with van der Waals surface area (Å²) >= 11 is 0. The fraction of sp³-hybridized carbons (Fsp3) is 0.176. The highest BCUT2D eigenvalue weighted by Gasteiger charge is 2.21. The molecule has 0 spiro atoms. The molecule has 24 heavy (non-hydrogen) atoms. The third kappa shape index (κ3) is 2.54. The molecule has 0 saturated carbocycles. The molecule has 1 aromatic carbocycles. The van der Waals surface area contributed by atoms with Crippen LogP contribution in [0, 0.1) is 25.2 Å². The molecule has 2 heterocycles. The first-order valence-corrected chi connectivity index (χ1v) is 7.38. The van der Waals surface area contributed by atoms with E-state index in [0.29, 0.717) is 22.6 Å². The molecular formula is C17H16N6O. The molecule has 7 heteroatoms. The summed E-state index contributed by atoms with van der Waals surface area (Å²) in [7, 11) is 1.79. The summed E-state index contributed by atoms with van der Waals surface area (Å²) in [6.45, 7) is 3.61. The molecule has 0 fully saturated rings. The second-order valence-electron chi connectivity index (χ2n) is 5.39. The number of aromatic nitrogens is 4. The number of hydrogen-bond acceptors (Lipinski definition) is 4. The van der Waals surface area contributed by atoms with Gasteiger partial charge in [-0.1, -0.05) is 18.2 Å². The van der Waals surface area contributed by atoms with E-state index in [1.165, 1.54) is 10.9 Å². The van der Waals surface area contributed by atoms with Crippen LogP contribution in [0.25, 0.3) is 5.69 Å². The number of benzene rings is 1. The van der Waals surface area contributed by atoms with Crippen LogP contribution in [-0.2, 0) is 7.05 Å².